The van der Waals surface area contributed by atoms with Gasteiger partial charge in [-0.3, -0.25) is 25.2 Å². The van der Waals surface area contributed by atoms with Gasteiger partial charge in [0.1, 0.15) is 0 Å². The number of nitrogens with one attached hydrogen (secondary N) is 3. The molecule has 25 heavy (non-hydrogen) atoms. The number of amides is 3. The van der Waals surface area contributed by atoms with Crippen LogP contribution in [0.2, 0.25) is 0 Å². The maximum atomic E-state index is 12.1. The van der Waals surface area contributed by atoms with Crippen molar-refractivity contribution in [3.8, 4) is 0 Å². The zero-order valence-electron chi connectivity index (χ0n) is 14.5. The predicted molar refractivity (Wildman–Crippen MR) is 94.8 cm³/mol. The van der Waals surface area contributed by atoms with Gasteiger partial charge in [0.2, 0.25) is 5.91 Å². The van der Waals surface area contributed by atoms with Crippen molar-refractivity contribution in [1.29, 1.82) is 0 Å². The third kappa shape index (κ3) is 5.17. The summed E-state index contributed by atoms with van der Waals surface area (Å²) >= 11 is 0. The lowest BCUT2D eigenvalue weighted by Crippen LogP contribution is -2.41. The molecule has 0 aliphatic carbocycles. The van der Waals surface area contributed by atoms with Crippen molar-refractivity contribution >= 4 is 17.7 Å². The van der Waals surface area contributed by atoms with Gasteiger partial charge in [0.15, 0.2) is 0 Å². The molecule has 0 aromatic heterocycles. The van der Waals surface area contributed by atoms with Gasteiger partial charge < -0.3 is 5.32 Å². The highest BCUT2D eigenvalue weighted by Crippen LogP contribution is 2.10. The van der Waals surface area contributed by atoms with Gasteiger partial charge in [0.25, 0.3) is 11.8 Å². The third-order valence-electron chi connectivity index (χ3n) is 3.67. The Bertz CT molecular complexity index is 798. The van der Waals surface area contributed by atoms with Crippen LogP contribution in [0.3, 0.4) is 0 Å². The summed E-state index contributed by atoms with van der Waals surface area (Å²) in [5.74, 6) is -0.895. The van der Waals surface area contributed by atoms with Gasteiger partial charge in [0.05, 0.1) is 0 Å². The van der Waals surface area contributed by atoms with Crippen molar-refractivity contribution in [3.63, 3.8) is 0 Å². The van der Waals surface area contributed by atoms with Crippen LogP contribution < -0.4 is 16.2 Å². The van der Waals surface area contributed by atoms with Crippen LogP contribution in [0.25, 0.3) is 0 Å². The first kappa shape index (κ1) is 18.2. The van der Waals surface area contributed by atoms with Gasteiger partial charge in [-0.15, -0.1) is 0 Å². The molecular formula is C19H21N3O3. The summed E-state index contributed by atoms with van der Waals surface area (Å²) in [6, 6.07) is 12.2. The average Bonchev–Trinajstić information content (AvgIpc) is 2.58. The molecule has 0 spiro atoms. The molecule has 0 saturated heterocycles. The van der Waals surface area contributed by atoms with Crippen molar-refractivity contribution in [2.75, 3.05) is 0 Å². The molecule has 0 aliphatic rings. The first-order valence-corrected chi connectivity index (χ1v) is 7.88. The number of carbonyl (C=O) groups excluding carboxylic acids is 3. The molecule has 0 atom stereocenters. The second kappa shape index (κ2) is 8.10. The summed E-state index contributed by atoms with van der Waals surface area (Å²) in [6.07, 6.45) is 0. The van der Waals surface area contributed by atoms with E-state index >= 15 is 0 Å². The quantitative estimate of drug-likeness (QED) is 0.745. The van der Waals surface area contributed by atoms with E-state index in [1.54, 1.807) is 30.3 Å². The van der Waals surface area contributed by atoms with Crippen LogP contribution in [-0.4, -0.2) is 17.7 Å². The molecule has 0 unspecified atom stereocenters. The predicted octanol–water partition coefficient (Wildman–Crippen LogP) is 2.01. The summed E-state index contributed by atoms with van der Waals surface area (Å²) in [7, 11) is 0. The number of rotatable bonds is 4. The van der Waals surface area contributed by atoms with E-state index in [1.807, 2.05) is 26.0 Å². The number of hydrogen-bond acceptors (Lipinski definition) is 3. The van der Waals surface area contributed by atoms with Gasteiger partial charge in [-0.25, -0.2) is 0 Å². The topological polar surface area (TPSA) is 87.3 Å². The molecule has 0 heterocycles. The van der Waals surface area contributed by atoms with Crippen LogP contribution in [-0.2, 0) is 11.3 Å². The van der Waals surface area contributed by atoms with Crippen molar-refractivity contribution in [2.24, 2.45) is 0 Å². The minimum absolute atomic E-state index is 0.115. The molecule has 6 heteroatoms. The first-order chi connectivity index (χ1) is 11.9. The maximum Gasteiger partial charge on any atom is 0.269 e. The van der Waals surface area contributed by atoms with E-state index in [2.05, 4.69) is 16.2 Å². The molecule has 0 saturated carbocycles. The molecule has 0 radical (unpaired) electrons. The summed E-state index contributed by atoms with van der Waals surface area (Å²) in [6.45, 7) is 5.64. The molecule has 2 rings (SSSR count). The normalized spacial score (nSPS) is 10.0. The van der Waals surface area contributed by atoms with Crippen LogP contribution >= 0.6 is 0 Å². The molecular weight excluding hydrogens is 318 g/mol. The Hall–Kier alpha value is -3.15. The van der Waals surface area contributed by atoms with Crippen molar-refractivity contribution in [1.82, 2.24) is 16.2 Å². The Morgan fingerprint density at radius 3 is 2.12 bits per heavy atom. The fourth-order valence-electron chi connectivity index (χ4n) is 2.32. The van der Waals surface area contributed by atoms with Crippen molar-refractivity contribution < 1.29 is 14.4 Å². The number of carbonyl (C=O) groups is 3. The van der Waals surface area contributed by atoms with Crippen molar-refractivity contribution in [3.05, 3.63) is 70.3 Å². The molecule has 2 aromatic rings. The van der Waals surface area contributed by atoms with Gasteiger partial charge in [-0.1, -0.05) is 29.8 Å². The van der Waals surface area contributed by atoms with E-state index in [-0.39, 0.29) is 11.8 Å². The molecule has 6 nitrogen and oxygen atoms in total. The van der Waals surface area contributed by atoms with Crippen LogP contribution in [0.15, 0.2) is 42.5 Å². The third-order valence-corrected chi connectivity index (χ3v) is 3.67. The fourth-order valence-corrected chi connectivity index (χ4v) is 2.32. The largest absolute Gasteiger partial charge is 0.352 e. The Kier molecular flexibility index (Phi) is 5.89. The number of aryl methyl sites for hydroxylation is 2. The lowest BCUT2D eigenvalue weighted by Gasteiger charge is -2.10. The molecule has 2 aromatic carbocycles. The zero-order chi connectivity index (χ0) is 18.4. The van der Waals surface area contributed by atoms with Gasteiger partial charge in [-0.05, 0) is 43.2 Å². The highest BCUT2D eigenvalue weighted by Gasteiger charge is 2.11. The van der Waals surface area contributed by atoms with E-state index in [4.69, 9.17) is 0 Å². The van der Waals surface area contributed by atoms with Crippen LogP contribution in [0.5, 0.6) is 0 Å². The fraction of sp³-hybridized carbons (Fsp3) is 0.211. The molecule has 3 N–H and O–H groups in total. The summed E-state index contributed by atoms with van der Waals surface area (Å²) in [4.78, 5) is 35.1. The lowest BCUT2D eigenvalue weighted by atomic mass is 10.1. The standard InChI is InChI=1S/C19H21N3O3/c1-12-4-9-17(13(2)10-12)19(25)22-21-18(24)16-7-5-15(6-8-16)11-20-14(3)23/h4-10H,11H2,1-3H3,(H,20,23)(H,21,24)(H,22,25). The van der Waals surface area contributed by atoms with E-state index in [0.717, 1.165) is 16.7 Å². The monoisotopic (exact) mass is 339 g/mol. The van der Waals surface area contributed by atoms with Gasteiger partial charge in [0, 0.05) is 24.6 Å². The SMILES string of the molecule is CC(=O)NCc1ccc(C(=O)NNC(=O)c2ccc(C)cc2C)cc1. The van der Waals surface area contributed by atoms with Crippen molar-refractivity contribution in [2.45, 2.75) is 27.3 Å². The molecule has 3 amide bonds. The maximum absolute atomic E-state index is 12.1. The zero-order valence-corrected chi connectivity index (χ0v) is 14.5. The van der Waals surface area contributed by atoms with Gasteiger partial charge in [-0.2, -0.15) is 0 Å². The van der Waals surface area contributed by atoms with Gasteiger partial charge >= 0.3 is 0 Å². The minimum Gasteiger partial charge on any atom is -0.352 e. The Morgan fingerprint density at radius 2 is 1.52 bits per heavy atom. The second-order valence-corrected chi connectivity index (χ2v) is 5.83. The summed E-state index contributed by atoms with van der Waals surface area (Å²) in [5.41, 5.74) is 8.53. The Balaban J connectivity index is 1.93. The highest BCUT2D eigenvalue weighted by atomic mass is 16.2. The summed E-state index contributed by atoms with van der Waals surface area (Å²) < 4.78 is 0. The highest BCUT2D eigenvalue weighted by molar-refractivity contribution is 5.99. The van der Waals surface area contributed by atoms with E-state index in [0.29, 0.717) is 17.7 Å². The number of hydrazine groups is 1. The van der Waals surface area contributed by atoms with Crippen LogP contribution in [0, 0.1) is 13.8 Å². The van der Waals surface area contributed by atoms with E-state index in [1.165, 1.54) is 6.92 Å². The smallest absolute Gasteiger partial charge is 0.269 e. The van der Waals surface area contributed by atoms with E-state index < -0.39 is 5.91 Å². The average molecular weight is 339 g/mol. The lowest BCUT2D eigenvalue weighted by molar-refractivity contribution is -0.119. The Morgan fingerprint density at radius 1 is 0.880 bits per heavy atom. The molecule has 0 bridgehead atoms. The number of hydrogen-bond donors (Lipinski definition) is 3. The van der Waals surface area contributed by atoms with Crippen LogP contribution in [0.1, 0.15) is 44.3 Å². The van der Waals surface area contributed by atoms with E-state index in [9.17, 15) is 14.4 Å². The summed E-state index contributed by atoms with van der Waals surface area (Å²) in [5, 5.41) is 2.68. The molecule has 0 aliphatic heterocycles. The molecule has 130 valence electrons. The van der Waals surface area contributed by atoms with Crippen LogP contribution in [0.4, 0.5) is 0 Å². The first-order valence-electron chi connectivity index (χ1n) is 7.88. The Labute approximate surface area is 146 Å². The number of benzene rings is 2. The molecule has 0 fully saturated rings. The minimum atomic E-state index is -0.413. The second-order valence-electron chi connectivity index (χ2n) is 5.83.